The second-order valence-corrected chi connectivity index (χ2v) is 6.71. The zero-order valence-electron chi connectivity index (χ0n) is 14.9. The van der Waals surface area contributed by atoms with Crippen molar-refractivity contribution in [2.75, 3.05) is 40.0 Å². The van der Waals surface area contributed by atoms with Gasteiger partial charge in [-0.2, -0.15) is 0 Å². The first-order valence-electron chi connectivity index (χ1n) is 8.35. The zero-order valence-corrected chi connectivity index (χ0v) is 14.9. The monoisotopic (exact) mass is 328 g/mol. The molecule has 0 aromatic heterocycles. The van der Waals surface area contributed by atoms with Gasteiger partial charge in [-0.3, -0.25) is 4.99 Å². The van der Waals surface area contributed by atoms with E-state index in [0.717, 1.165) is 25.9 Å². The fraction of sp³-hybridized carbons (Fsp3) is 0.875. The van der Waals surface area contributed by atoms with Crippen LogP contribution in [0.1, 0.15) is 40.0 Å². The van der Waals surface area contributed by atoms with Crippen molar-refractivity contribution in [1.29, 1.82) is 0 Å². The number of carbonyl (C=O) groups excluding carboxylic acids is 1. The third kappa shape index (κ3) is 7.54. The fourth-order valence-corrected chi connectivity index (χ4v) is 2.43. The van der Waals surface area contributed by atoms with Gasteiger partial charge in [0, 0.05) is 39.4 Å². The quantitative estimate of drug-likeness (QED) is 0.547. The molecule has 1 aliphatic heterocycles. The summed E-state index contributed by atoms with van der Waals surface area (Å²) in [5.74, 6) is 0.477. The number of rotatable bonds is 7. The molecule has 134 valence electrons. The Morgan fingerprint density at radius 2 is 2.04 bits per heavy atom. The fourth-order valence-electron chi connectivity index (χ4n) is 2.43. The van der Waals surface area contributed by atoms with Crippen molar-refractivity contribution in [3.63, 3.8) is 0 Å². The molecule has 0 aromatic rings. The van der Waals surface area contributed by atoms with Crippen LogP contribution in [-0.4, -0.2) is 63.0 Å². The SMILES string of the molecule is CCOC(=O)N1CCC(NC(N)=NCC(C)(C)CCOC)CC1. The molecule has 0 bridgehead atoms. The lowest BCUT2D eigenvalue weighted by Gasteiger charge is -2.32. The number of guanidine groups is 1. The lowest BCUT2D eigenvalue weighted by Crippen LogP contribution is -2.48. The van der Waals surface area contributed by atoms with Crippen LogP contribution in [-0.2, 0) is 9.47 Å². The van der Waals surface area contributed by atoms with E-state index in [1.54, 1.807) is 12.0 Å². The summed E-state index contributed by atoms with van der Waals surface area (Å²) in [6, 6.07) is 0.256. The van der Waals surface area contributed by atoms with E-state index in [-0.39, 0.29) is 17.6 Å². The highest BCUT2D eigenvalue weighted by molar-refractivity contribution is 5.78. The van der Waals surface area contributed by atoms with Gasteiger partial charge >= 0.3 is 6.09 Å². The summed E-state index contributed by atoms with van der Waals surface area (Å²) in [5, 5.41) is 3.26. The first-order valence-corrected chi connectivity index (χ1v) is 8.35. The number of hydrogen-bond donors (Lipinski definition) is 2. The van der Waals surface area contributed by atoms with Gasteiger partial charge in [-0.1, -0.05) is 13.8 Å². The number of amides is 1. The summed E-state index contributed by atoms with van der Waals surface area (Å²) in [4.78, 5) is 17.8. The molecule has 1 fully saturated rings. The predicted molar refractivity (Wildman–Crippen MR) is 91.5 cm³/mol. The highest BCUT2D eigenvalue weighted by Gasteiger charge is 2.24. The minimum Gasteiger partial charge on any atom is -0.450 e. The van der Waals surface area contributed by atoms with Crippen LogP contribution < -0.4 is 11.1 Å². The number of likely N-dealkylation sites (tertiary alicyclic amines) is 1. The minimum absolute atomic E-state index is 0.0651. The normalized spacial score (nSPS) is 17.2. The summed E-state index contributed by atoms with van der Waals surface area (Å²) in [5.41, 5.74) is 6.05. The maximum Gasteiger partial charge on any atom is 0.409 e. The Bertz CT molecular complexity index is 391. The highest BCUT2D eigenvalue weighted by atomic mass is 16.6. The Morgan fingerprint density at radius 3 is 2.61 bits per heavy atom. The van der Waals surface area contributed by atoms with E-state index in [4.69, 9.17) is 15.2 Å². The largest absolute Gasteiger partial charge is 0.450 e. The molecule has 0 aromatic carbocycles. The zero-order chi connectivity index (χ0) is 17.3. The van der Waals surface area contributed by atoms with Crippen molar-refractivity contribution in [2.24, 2.45) is 16.1 Å². The first kappa shape index (κ1) is 19.5. The molecule has 0 unspecified atom stereocenters. The molecule has 0 aliphatic carbocycles. The van der Waals surface area contributed by atoms with Gasteiger partial charge in [-0.05, 0) is 31.6 Å². The number of nitrogens with zero attached hydrogens (tertiary/aromatic N) is 2. The Hall–Kier alpha value is -1.50. The van der Waals surface area contributed by atoms with Crippen molar-refractivity contribution in [3.8, 4) is 0 Å². The molecule has 3 N–H and O–H groups in total. The van der Waals surface area contributed by atoms with Gasteiger partial charge in [-0.25, -0.2) is 4.79 Å². The molecule has 1 saturated heterocycles. The Labute approximate surface area is 139 Å². The molecular formula is C16H32N4O3. The van der Waals surface area contributed by atoms with E-state index in [9.17, 15) is 4.79 Å². The molecule has 0 spiro atoms. The number of carbonyl (C=O) groups is 1. The lowest BCUT2D eigenvalue weighted by atomic mass is 9.90. The molecule has 0 atom stereocenters. The van der Waals surface area contributed by atoms with Crippen molar-refractivity contribution < 1.29 is 14.3 Å². The summed E-state index contributed by atoms with van der Waals surface area (Å²) in [7, 11) is 1.71. The minimum atomic E-state index is -0.229. The smallest absolute Gasteiger partial charge is 0.409 e. The molecule has 23 heavy (non-hydrogen) atoms. The Balaban J connectivity index is 2.34. The predicted octanol–water partition coefficient (Wildman–Crippen LogP) is 1.57. The standard InChI is InChI=1S/C16H32N4O3/c1-5-23-15(21)20-9-6-13(7-10-20)19-14(17)18-12-16(2,3)8-11-22-4/h13H,5-12H2,1-4H3,(H3,17,18,19). The van der Waals surface area contributed by atoms with Gasteiger partial charge in [0.2, 0.25) is 0 Å². The van der Waals surface area contributed by atoms with E-state index in [1.807, 2.05) is 6.92 Å². The average molecular weight is 328 g/mol. The third-order valence-corrected chi connectivity index (χ3v) is 4.03. The maximum atomic E-state index is 11.7. The second-order valence-electron chi connectivity index (χ2n) is 6.71. The number of methoxy groups -OCH3 is 1. The average Bonchev–Trinajstić information content (AvgIpc) is 2.52. The summed E-state index contributed by atoms with van der Waals surface area (Å²) in [6.45, 7) is 9.29. The number of nitrogens with one attached hydrogen (secondary N) is 1. The van der Waals surface area contributed by atoms with Crippen molar-refractivity contribution in [1.82, 2.24) is 10.2 Å². The van der Waals surface area contributed by atoms with Crippen LogP contribution in [0.25, 0.3) is 0 Å². The molecular weight excluding hydrogens is 296 g/mol. The summed E-state index contributed by atoms with van der Waals surface area (Å²) >= 11 is 0. The molecule has 7 nitrogen and oxygen atoms in total. The van der Waals surface area contributed by atoms with Crippen molar-refractivity contribution in [3.05, 3.63) is 0 Å². The number of ether oxygens (including phenoxy) is 2. The van der Waals surface area contributed by atoms with E-state index >= 15 is 0 Å². The van der Waals surface area contributed by atoms with Crippen molar-refractivity contribution >= 4 is 12.1 Å². The lowest BCUT2D eigenvalue weighted by molar-refractivity contribution is 0.0963. The molecule has 1 aliphatic rings. The van der Waals surface area contributed by atoms with Crippen LogP contribution in [0, 0.1) is 5.41 Å². The second kappa shape index (κ2) is 9.60. The number of aliphatic imine (C=N–C) groups is 1. The van der Waals surface area contributed by atoms with Crippen LogP contribution in [0.2, 0.25) is 0 Å². The Kier molecular flexibility index (Phi) is 8.16. The van der Waals surface area contributed by atoms with Crippen LogP contribution in [0.3, 0.4) is 0 Å². The van der Waals surface area contributed by atoms with E-state index < -0.39 is 0 Å². The molecule has 1 rings (SSSR count). The van der Waals surface area contributed by atoms with Crippen LogP contribution in [0.5, 0.6) is 0 Å². The molecule has 1 heterocycles. The number of piperidine rings is 1. The van der Waals surface area contributed by atoms with E-state index in [2.05, 4.69) is 24.2 Å². The number of hydrogen-bond acceptors (Lipinski definition) is 4. The number of nitrogens with two attached hydrogens (primary N) is 1. The van der Waals surface area contributed by atoms with Crippen LogP contribution >= 0.6 is 0 Å². The van der Waals surface area contributed by atoms with Gasteiger partial charge in [0.25, 0.3) is 0 Å². The Morgan fingerprint density at radius 1 is 1.39 bits per heavy atom. The highest BCUT2D eigenvalue weighted by Crippen LogP contribution is 2.20. The first-order chi connectivity index (χ1) is 10.9. The van der Waals surface area contributed by atoms with Gasteiger partial charge in [0.1, 0.15) is 0 Å². The molecule has 1 amide bonds. The molecule has 0 saturated carbocycles. The van der Waals surface area contributed by atoms with Gasteiger partial charge in [0.15, 0.2) is 5.96 Å². The summed E-state index contributed by atoms with van der Waals surface area (Å²) in [6.07, 6.45) is 2.41. The molecule has 0 radical (unpaired) electrons. The van der Waals surface area contributed by atoms with Crippen LogP contribution in [0.4, 0.5) is 4.79 Å². The van der Waals surface area contributed by atoms with Gasteiger partial charge < -0.3 is 25.4 Å². The van der Waals surface area contributed by atoms with Crippen LogP contribution in [0.15, 0.2) is 4.99 Å². The third-order valence-electron chi connectivity index (χ3n) is 4.03. The summed E-state index contributed by atoms with van der Waals surface area (Å²) < 4.78 is 10.1. The topological polar surface area (TPSA) is 89.2 Å². The van der Waals surface area contributed by atoms with E-state index in [0.29, 0.717) is 32.2 Å². The maximum absolute atomic E-state index is 11.7. The van der Waals surface area contributed by atoms with Crippen molar-refractivity contribution in [2.45, 2.75) is 46.1 Å². The van der Waals surface area contributed by atoms with Gasteiger partial charge in [-0.15, -0.1) is 0 Å². The van der Waals surface area contributed by atoms with E-state index in [1.165, 1.54) is 0 Å². The molecule has 7 heteroatoms. The van der Waals surface area contributed by atoms with Gasteiger partial charge in [0.05, 0.1) is 6.61 Å².